The first-order chi connectivity index (χ1) is 10.0. The van der Waals surface area contributed by atoms with Crippen LogP contribution in [0.4, 0.5) is 5.69 Å². The van der Waals surface area contributed by atoms with E-state index in [2.05, 4.69) is 5.32 Å². The topological polar surface area (TPSA) is 32.3 Å². The average Bonchev–Trinajstić information content (AvgIpc) is 2.44. The lowest BCUT2D eigenvalue weighted by Gasteiger charge is -2.17. The van der Waals surface area contributed by atoms with Crippen molar-refractivity contribution in [1.82, 2.24) is 4.90 Å². The number of anilines is 1. The third kappa shape index (κ3) is 4.88. The number of benzene rings is 2. The molecule has 2 aromatic rings. The van der Waals surface area contributed by atoms with E-state index >= 15 is 0 Å². The van der Waals surface area contributed by atoms with E-state index in [9.17, 15) is 4.79 Å². The monoisotopic (exact) mass is 302 g/mol. The molecule has 0 heterocycles. The van der Waals surface area contributed by atoms with Gasteiger partial charge >= 0.3 is 0 Å². The van der Waals surface area contributed by atoms with Crippen molar-refractivity contribution in [1.29, 1.82) is 0 Å². The molecular formula is C17H19ClN2O. The number of nitrogens with one attached hydrogen (secondary N) is 1. The van der Waals surface area contributed by atoms with Crippen LogP contribution < -0.4 is 5.32 Å². The van der Waals surface area contributed by atoms with Gasteiger partial charge in [0.2, 0.25) is 5.91 Å². The molecule has 1 N–H and O–H groups in total. The Morgan fingerprint density at radius 2 is 1.81 bits per heavy atom. The minimum Gasteiger partial charge on any atom is -0.325 e. The van der Waals surface area contributed by atoms with Crippen LogP contribution in [-0.2, 0) is 11.3 Å². The van der Waals surface area contributed by atoms with Gasteiger partial charge in [-0.3, -0.25) is 9.69 Å². The maximum Gasteiger partial charge on any atom is 0.238 e. The first-order valence-electron chi connectivity index (χ1n) is 6.83. The SMILES string of the molecule is Cc1ccccc1NC(=O)CN(C)Cc1ccc(Cl)cc1. The first-order valence-corrected chi connectivity index (χ1v) is 7.21. The van der Waals surface area contributed by atoms with Gasteiger partial charge in [0.1, 0.15) is 0 Å². The van der Waals surface area contributed by atoms with Gasteiger partial charge in [0.05, 0.1) is 6.54 Å². The van der Waals surface area contributed by atoms with E-state index in [0.717, 1.165) is 21.8 Å². The Balaban J connectivity index is 1.87. The number of hydrogen-bond donors (Lipinski definition) is 1. The number of hydrogen-bond acceptors (Lipinski definition) is 2. The van der Waals surface area contributed by atoms with Crippen LogP contribution in [0.5, 0.6) is 0 Å². The first kappa shape index (κ1) is 15.5. The van der Waals surface area contributed by atoms with Gasteiger partial charge < -0.3 is 5.32 Å². The summed E-state index contributed by atoms with van der Waals surface area (Å²) in [6.07, 6.45) is 0. The normalized spacial score (nSPS) is 10.7. The largest absolute Gasteiger partial charge is 0.325 e. The lowest BCUT2D eigenvalue weighted by atomic mass is 10.2. The molecule has 0 aliphatic rings. The fourth-order valence-electron chi connectivity index (χ4n) is 2.11. The Labute approximate surface area is 130 Å². The molecule has 2 rings (SSSR count). The Kier molecular flexibility index (Phi) is 5.37. The molecule has 0 unspecified atom stereocenters. The van der Waals surface area contributed by atoms with Crippen molar-refractivity contribution in [2.24, 2.45) is 0 Å². The van der Waals surface area contributed by atoms with Crippen LogP contribution in [0.25, 0.3) is 0 Å². The van der Waals surface area contributed by atoms with E-state index in [1.54, 1.807) is 0 Å². The number of rotatable bonds is 5. The summed E-state index contributed by atoms with van der Waals surface area (Å²) in [5.41, 5.74) is 3.05. The molecule has 21 heavy (non-hydrogen) atoms. The van der Waals surface area contributed by atoms with Gasteiger partial charge in [0.25, 0.3) is 0 Å². The predicted molar refractivity (Wildman–Crippen MR) is 87.6 cm³/mol. The van der Waals surface area contributed by atoms with Gasteiger partial charge in [0.15, 0.2) is 0 Å². The van der Waals surface area contributed by atoms with E-state index in [4.69, 9.17) is 11.6 Å². The maximum atomic E-state index is 12.0. The number of carbonyl (C=O) groups is 1. The zero-order valence-electron chi connectivity index (χ0n) is 12.3. The van der Waals surface area contributed by atoms with Gasteiger partial charge in [-0.1, -0.05) is 41.9 Å². The lowest BCUT2D eigenvalue weighted by Crippen LogP contribution is -2.30. The van der Waals surface area contributed by atoms with E-state index in [1.165, 1.54) is 0 Å². The van der Waals surface area contributed by atoms with E-state index < -0.39 is 0 Å². The van der Waals surface area contributed by atoms with E-state index in [1.807, 2.05) is 67.4 Å². The Morgan fingerprint density at radius 1 is 1.14 bits per heavy atom. The standard InChI is InChI=1S/C17H19ClN2O/c1-13-5-3-4-6-16(13)19-17(21)12-20(2)11-14-7-9-15(18)10-8-14/h3-10H,11-12H2,1-2H3,(H,19,21). The highest BCUT2D eigenvalue weighted by Crippen LogP contribution is 2.13. The Bertz CT molecular complexity index is 610. The summed E-state index contributed by atoms with van der Waals surface area (Å²) in [4.78, 5) is 14.0. The quantitative estimate of drug-likeness (QED) is 0.913. The molecule has 3 nitrogen and oxygen atoms in total. The van der Waals surface area contributed by atoms with Crippen LogP contribution in [0.1, 0.15) is 11.1 Å². The smallest absolute Gasteiger partial charge is 0.238 e. The van der Waals surface area contributed by atoms with Crippen LogP contribution in [0.2, 0.25) is 5.02 Å². The van der Waals surface area contributed by atoms with Crippen LogP contribution in [-0.4, -0.2) is 24.4 Å². The molecule has 0 radical (unpaired) electrons. The number of amides is 1. The number of carbonyl (C=O) groups excluding carboxylic acids is 1. The molecule has 1 amide bonds. The van der Waals surface area contributed by atoms with Gasteiger partial charge in [-0.2, -0.15) is 0 Å². The second-order valence-corrected chi connectivity index (χ2v) is 5.60. The highest BCUT2D eigenvalue weighted by Gasteiger charge is 2.08. The van der Waals surface area contributed by atoms with Crippen LogP contribution >= 0.6 is 11.6 Å². The number of halogens is 1. The van der Waals surface area contributed by atoms with Crippen LogP contribution in [0.3, 0.4) is 0 Å². The van der Waals surface area contributed by atoms with Crippen molar-refractivity contribution in [3.05, 3.63) is 64.7 Å². The summed E-state index contributed by atoms with van der Waals surface area (Å²) in [7, 11) is 1.92. The summed E-state index contributed by atoms with van der Waals surface area (Å²) in [6, 6.07) is 15.4. The number of nitrogens with zero attached hydrogens (tertiary/aromatic N) is 1. The molecule has 4 heteroatoms. The van der Waals surface area contributed by atoms with E-state index in [0.29, 0.717) is 13.1 Å². The van der Waals surface area contributed by atoms with Crippen molar-refractivity contribution in [2.45, 2.75) is 13.5 Å². The Morgan fingerprint density at radius 3 is 2.48 bits per heavy atom. The maximum absolute atomic E-state index is 12.0. The fraction of sp³-hybridized carbons (Fsp3) is 0.235. The molecular weight excluding hydrogens is 284 g/mol. The number of aryl methyl sites for hydroxylation is 1. The van der Waals surface area contributed by atoms with Crippen molar-refractivity contribution in [3.8, 4) is 0 Å². The summed E-state index contributed by atoms with van der Waals surface area (Å²) < 4.78 is 0. The molecule has 0 aliphatic heterocycles. The lowest BCUT2D eigenvalue weighted by molar-refractivity contribution is -0.117. The molecule has 110 valence electrons. The van der Waals surface area contributed by atoms with Crippen molar-refractivity contribution < 1.29 is 4.79 Å². The third-order valence-electron chi connectivity index (χ3n) is 3.20. The second kappa shape index (κ2) is 7.25. The molecule has 0 bridgehead atoms. The minimum atomic E-state index is -0.0132. The molecule has 2 aromatic carbocycles. The van der Waals surface area contributed by atoms with E-state index in [-0.39, 0.29) is 5.91 Å². The summed E-state index contributed by atoms with van der Waals surface area (Å²) in [5.74, 6) is -0.0132. The summed E-state index contributed by atoms with van der Waals surface area (Å²) in [5, 5.41) is 3.66. The third-order valence-corrected chi connectivity index (χ3v) is 3.45. The van der Waals surface area contributed by atoms with Crippen LogP contribution in [0, 0.1) is 6.92 Å². The van der Waals surface area contributed by atoms with Gasteiger partial charge in [-0.05, 0) is 43.3 Å². The van der Waals surface area contributed by atoms with Gasteiger partial charge in [-0.25, -0.2) is 0 Å². The molecule has 0 fully saturated rings. The number of likely N-dealkylation sites (N-methyl/N-ethyl adjacent to an activating group) is 1. The summed E-state index contributed by atoms with van der Waals surface area (Å²) >= 11 is 5.86. The van der Waals surface area contributed by atoms with Gasteiger partial charge in [-0.15, -0.1) is 0 Å². The molecule has 0 saturated carbocycles. The average molecular weight is 303 g/mol. The van der Waals surface area contributed by atoms with Crippen LogP contribution in [0.15, 0.2) is 48.5 Å². The van der Waals surface area contributed by atoms with Crippen molar-refractivity contribution >= 4 is 23.2 Å². The minimum absolute atomic E-state index is 0.0132. The van der Waals surface area contributed by atoms with Crippen molar-refractivity contribution in [3.63, 3.8) is 0 Å². The molecule has 0 saturated heterocycles. The number of para-hydroxylation sites is 1. The molecule has 0 atom stereocenters. The highest BCUT2D eigenvalue weighted by atomic mass is 35.5. The Hall–Kier alpha value is -1.84. The van der Waals surface area contributed by atoms with Gasteiger partial charge in [0, 0.05) is 17.3 Å². The predicted octanol–water partition coefficient (Wildman–Crippen LogP) is 3.72. The molecule has 0 spiro atoms. The highest BCUT2D eigenvalue weighted by molar-refractivity contribution is 6.30. The zero-order chi connectivity index (χ0) is 15.2. The second-order valence-electron chi connectivity index (χ2n) is 5.16. The molecule has 0 aromatic heterocycles. The fourth-order valence-corrected chi connectivity index (χ4v) is 2.23. The molecule has 0 aliphatic carbocycles. The van der Waals surface area contributed by atoms with Crippen molar-refractivity contribution in [2.75, 3.05) is 18.9 Å². The zero-order valence-corrected chi connectivity index (χ0v) is 13.0. The summed E-state index contributed by atoms with van der Waals surface area (Å²) in [6.45, 7) is 3.03.